The minimum absolute atomic E-state index is 0.104. The van der Waals surface area contributed by atoms with Gasteiger partial charge in [0, 0.05) is 12.1 Å². The molecular weight excluding hydrogens is 152 g/mol. The van der Waals surface area contributed by atoms with Crippen molar-refractivity contribution in [2.24, 2.45) is 5.73 Å². The predicted molar refractivity (Wildman–Crippen MR) is 48.7 cm³/mol. The first-order valence-electron chi connectivity index (χ1n) is 4.72. The van der Waals surface area contributed by atoms with Gasteiger partial charge in [0.15, 0.2) is 0 Å². The van der Waals surface area contributed by atoms with Gasteiger partial charge in [0.05, 0.1) is 6.54 Å². The van der Waals surface area contributed by atoms with Crippen molar-refractivity contribution >= 4 is 5.91 Å². The van der Waals surface area contributed by atoms with Crippen LogP contribution in [0.1, 0.15) is 33.1 Å². The molecule has 70 valence electrons. The van der Waals surface area contributed by atoms with E-state index < -0.39 is 0 Å². The molecule has 1 aliphatic rings. The van der Waals surface area contributed by atoms with Gasteiger partial charge in [-0.1, -0.05) is 6.92 Å². The van der Waals surface area contributed by atoms with Crippen LogP contribution in [0.3, 0.4) is 0 Å². The number of likely N-dealkylation sites (tertiary alicyclic amines) is 1. The van der Waals surface area contributed by atoms with Gasteiger partial charge in [-0.3, -0.25) is 4.79 Å². The Morgan fingerprint density at radius 1 is 1.58 bits per heavy atom. The zero-order valence-corrected chi connectivity index (χ0v) is 7.92. The summed E-state index contributed by atoms with van der Waals surface area (Å²) in [6, 6.07) is 0.835. The first kappa shape index (κ1) is 9.52. The largest absolute Gasteiger partial charge is 0.336 e. The second-order valence-electron chi connectivity index (χ2n) is 3.49. The topological polar surface area (TPSA) is 46.3 Å². The van der Waals surface area contributed by atoms with E-state index in [-0.39, 0.29) is 12.5 Å². The summed E-state index contributed by atoms with van der Waals surface area (Å²) in [5.41, 5.74) is 5.34. The fourth-order valence-corrected chi connectivity index (χ4v) is 2.03. The molecule has 0 saturated carbocycles. The van der Waals surface area contributed by atoms with E-state index in [9.17, 15) is 4.79 Å². The van der Waals surface area contributed by atoms with E-state index in [1.165, 1.54) is 0 Å². The van der Waals surface area contributed by atoms with Crippen molar-refractivity contribution in [3.63, 3.8) is 0 Å². The number of hydrogen-bond acceptors (Lipinski definition) is 2. The number of rotatable bonds is 2. The fraction of sp³-hybridized carbons (Fsp3) is 0.889. The molecule has 12 heavy (non-hydrogen) atoms. The third-order valence-electron chi connectivity index (χ3n) is 2.72. The Morgan fingerprint density at radius 2 is 2.25 bits per heavy atom. The SMILES string of the molecule is CCC1CCC(C)N1C(=O)CN. The molecular formula is C9H18N2O. The van der Waals surface area contributed by atoms with Crippen LogP contribution < -0.4 is 5.73 Å². The lowest BCUT2D eigenvalue weighted by molar-refractivity contribution is -0.132. The minimum Gasteiger partial charge on any atom is -0.336 e. The van der Waals surface area contributed by atoms with E-state index in [2.05, 4.69) is 13.8 Å². The molecule has 0 bridgehead atoms. The van der Waals surface area contributed by atoms with Crippen LogP contribution in [0, 0.1) is 0 Å². The van der Waals surface area contributed by atoms with E-state index in [1.54, 1.807) is 0 Å². The van der Waals surface area contributed by atoms with Crippen molar-refractivity contribution < 1.29 is 4.79 Å². The molecule has 1 saturated heterocycles. The Hall–Kier alpha value is -0.570. The van der Waals surface area contributed by atoms with E-state index in [4.69, 9.17) is 5.73 Å². The molecule has 3 nitrogen and oxygen atoms in total. The summed E-state index contributed by atoms with van der Waals surface area (Å²) in [5, 5.41) is 0. The molecule has 1 aliphatic heterocycles. The first-order chi connectivity index (χ1) is 5.70. The molecule has 0 aromatic heterocycles. The highest BCUT2D eigenvalue weighted by Gasteiger charge is 2.31. The molecule has 1 amide bonds. The van der Waals surface area contributed by atoms with E-state index >= 15 is 0 Å². The lowest BCUT2D eigenvalue weighted by Crippen LogP contribution is -2.43. The average molecular weight is 170 g/mol. The number of nitrogens with zero attached hydrogens (tertiary/aromatic N) is 1. The van der Waals surface area contributed by atoms with Gasteiger partial charge in [0.25, 0.3) is 0 Å². The summed E-state index contributed by atoms with van der Waals surface area (Å²) in [6.07, 6.45) is 3.32. The third-order valence-corrected chi connectivity index (χ3v) is 2.72. The van der Waals surface area contributed by atoms with E-state index in [0.29, 0.717) is 12.1 Å². The van der Waals surface area contributed by atoms with Crippen molar-refractivity contribution in [3.05, 3.63) is 0 Å². The molecule has 1 rings (SSSR count). The third kappa shape index (κ3) is 1.61. The Morgan fingerprint density at radius 3 is 2.75 bits per heavy atom. The smallest absolute Gasteiger partial charge is 0.236 e. The van der Waals surface area contributed by atoms with Gasteiger partial charge in [-0.15, -0.1) is 0 Å². The zero-order valence-electron chi connectivity index (χ0n) is 7.92. The molecule has 0 radical (unpaired) electrons. The second kappa shape index (κ2) is 3.90. The maximum absolute atomic E-state index is 11.4. The van der Waals surface area contributed by atoms with Crippen LogP contribution in [0.4, 0.5) is 0 Å². The highest BCUT2D eigenvalue weighted by atomic mass is 16.2. The number of nitrogens with two attached hydrogens (primary N) is 1. The van der Waals surface area contributed by atoms with E-state index in [1.807, 2.05) is 4.90 Å². The molecule has 3 heteroatoms. The molecule has 0 spiro atoms. The Kier molecular flexibility index (Phi) is 3.09. The first-order valence-corrected chi connectivity index (χ1v) is 4.72. The summed E-state index contributed by atoms with van der Waals surface area (Å²) >= 11 is 0. The van der Waals surface area contributed by atoms with Gasteiger partial charge >= 0.3 is 0 Å². The number of carbonyl (C=O) groups excluding carboxylic acids is 1. The Bertz CT molecular complexity index is 170. The predicted octanol–water partition coefficient (Wildman–Crippen LogP) is 0.735. The van der Waals surface area contributed by atoms with Crippen molar-refractivity contribution in [3.8, 4) is 0 Å². The van der Waals surface area contributed by atoms with Crippen LogP contribution >= 0.6 is 0 Å². The van der Waals surface area contributed by atoms with Crippen LogP contribution in [0.25, 0.3) is 0 Å². The van der Waals surface area contributed by atoms with Gasteiger partial charge < -0.3 is 10.6 Å². The molecule has 0 aromatic carbocycles. The van der Waals surface area contributed by atoms with Crippen LogP contribution in [0.15, 0.2) is 0 Å². The van der Waals surface area contributed by atoms with Gasteiger partial charge in [0.2, 0.25) is 5.91 Å². The van der Waals surface area contributed by atoms with Crippen molar-refractivity contribution in [1.29, 1.82) is 0 Å². The highest BCUT2D eigenvalue weighted by Crippen LogP contribution is 2.25. The summed E-state index contributed by atoms with van der Waals surface area (Å²) in [5.74, 6) is 0.104. The highest BCUT2D eigenvalue weighted by molar-refractivity contribution is 5.79. The average Bonchev–Trinajstić information content (AvgIpc) is 2.45. The van der Waals surface area contributed by atoms with Crippen LogP contribution in [0.5, 0.6) is 0 Å². The molecule has 2 unspecified atom stereocenters. The Labute approximate surface area is 73.9 Å². The van der Waals surface area contributed by atoms with Crippen LogP contribution in [0.2, 0.25) is 0 Å². The lowest BCUT2D eigenvalue weighted by Gasteiger charge is -2.27. The maximum Gasteiger partial charge on any atom is 0.236 e. The van der Waals surface area contributed by atoms with Gasteiger partial charge in [-0.05, 0) is 26.2 Å². The second-order valence-corrected chi connectivity index (χ2v) is 3.49. The summed E-state index contributed by atoms with van der Waals surface area (Å²) in [6.45, 7) is 4.38. The summed E-state index contributed by atoms with van der Waals surface area (Å²) in [4.78, 5) is 13.4. The maximum atomic E-state index is 11.4. The molecule has 0 aromatic rings. The van der Waals surface area contributed by atoms with E-state index in [0.717, 1.165) is 19.3 Å². The quantitative estimate of drug-likeness (QED) is 0.664. The number of amides is 1. The molecule has 1 fully saturated rings. The van der Waals surface area contributed by atoms with Crippen molar-refractivity contribution in [2.75, 3.05) is 6.54 Å². The number of hydrogen-bond donors (Lipinski definition) is 1. The molecule has 0 aliphatic carbocycles. The number of carbonyl (C=O) groups is 1. The standard InChI is InChI=1S/C9H18N2O/c1-3-8-5-4-7(2)11(8)9(12)6-10/h7-8H,3-6,10H2,1-2H3. The Balaban J connectivity index is 2.63. The molecule has 1 heterocycles. The summed E-state index contributed by atoms with van der Waals surface area (Å²) in [7, 11) is 0. The van der Waals surface area contributed by atoms with Crippen LogP contribution in [-0.4, -0.2) is 29.4 Å². The van der Waals surface area contributed by atoms with Crippen LogP contribution in [-0.2, 0) is 4.79 Å². The minimum atomic E-state index is 0.104. The summed E-state index contributed by atoms with van der Waals surface area (Å²) < 4.78 is 0. The van der Waals surface area contributed by atoms with Gasteiger partial charge in [-0.25, -0.2) is 0 Å². The lowest BCUT2D eigenvalue weighted by atomic mass is 10.1. The van der Waals surface area contributed by atoms with Gasteiger partial charge in [-0.2, -0.15) is 0 Å². The monoisotopic (exact) mass is 170 g/mol. The zero-order chi connectivity index (χ0) is 9.14. The van der Waals surface area contributed by atoms with Gasteiger partial charge in [0.1, 0.15) is 0 Å². The van der Waals surface area contributed by atoms with Crippen molar-refractivity contribution in [1.82, 2.24) is 4.90 Å². The van der Waals surface area contributed by atoms with Crippen molar-refractivity contribution in [2.45, 2.75) is 45.2 Å². The normalized spacial score (nSPS) is 29.4. The molecule has 2 atom stereocenters. The molecule has 2 N–H and O–H groups in total. The fourth-order valence-electron chi connectivity index (χ4n) is 2.03.